The lowest BCUT2D eigenvalue weighted by Crippen LogP contribution is -2.30. The molecule has 2 heterocycles. The molecule has 0 saturated heterocycles. The molecular formula is C11H10O2S. The van der Waals surface area contributed by atoms with Crippen LogP contribution < -0.4 is 0 Å². The van der Waals surface area contributed by atoms with Gasteiger partial charge in [-0.15, -0.1) is 6.58 Å². The van der Waals surface area contributed by atoms with E-state index in [0.29, 0.717) is 6.42 Å². The van der Waals surface area contributed by atoms with Gasteiger partial charge in [-0.2, -0.15) is 11.3 Å². The highest BCUT2D eigenvalue weighted by Gasteiger charge is 2.41. The number of ether oxygens (including phenoxy) is 1. The Hall–Kier alpha value is -1.35. The van der Waals surface area contributed by atoms with Gasteiger partial charge in [0.05, 0.1) is 6.26 Å². The number of allylic oxidation sites excluding steroid dienone is 1. The molecule has 0 bridgehead atoms. The van der Waals surface area contributed by atoms with Crippen molar-refractivity contribution in [3.8, 4) is 0 Å². The van der Waals surface area contributed by atoms with Gasteiger partial charge in [-0.05, 0) is 34.9 Å². The molecule has 0 N–H and O–H groups in total. The lowest BCUT2D eigenvalue weighted by Gasteiger charge is -2.20. The zero-order valence-corrected chi connectivity index (χ0v) is 8.42. The second-order valence-corrected chi connectivity index (χ2v) is 3.96. The lowest BCUT2D eigenvalue weighted by molar-refractivity contribution is -0.140. The van der Waals surface area contributed by atoms with Crippen LogP contribution in [-0.2, 0) is 14.9 Å². The van der Waals surface area contributed by atoms with E-state index >= 15 is 0 Å². The summed E-state index contributed by atoms with van der Waals surface area (Å²) in [5, 5.41) is 3.93. The third-order valence-electron chi connectivity index (χ3n) is 2.39. The Balaban J connectivity index is 2.46. The minimum atomic E-state index is -0.623. The van der Waals surface area contributed by atoms with E-state index in [9.17, 15) is 4.79 Å². The van der Waals surface area contributed by atoms with Crippen molar-refractivity contribution < 1.29 is 9.53 Å². The van der Waals surface area contributed by atoms with Gasteiger partial charge in [-0.25, -0.2) is 0 Å². The average molecular weight is 206 g/mol. The van der Waals surface area contributed by atoms with Gasteiger partial charge < -0.3 is 4.74 Å². The summed E-state index contributed by atoms with van der Waals surface area (Å²) in [7, 11) is 0. The van der Waals surface area contributed by atoms with Crippen LogP contribution in [0.5, 0.6) is 0 Å². The van der Waals surface area contributed by atoms with Gasteiger partial charge >= 0.3 is 5.97 Å². The van der Waals surface area contributed by atoms with Crippen LogP contribution >= 0.6 is 11.3 Å². The van der Waals surface area contributed by atoms with Crippen molar-refractivity contribution in [1.82, 2.24) is 0 Å². The van der Waals surface area contributed by atoms with Crippen molar-refractivity contribution in [3.63, 3.8) is 0 Å². The molecule has 1 atom stereocenters. The van der Waals surface area contributed by atoms with E-state index in [1.807, 2.05) is 16.8 Å². The molecule has 0 aromatic carbocycles. The number of thiophene rings is 1. The topological polar surface area (TPSA) is 26.3 Å². The summed E-state index contributed by atoms with van der Waals surface area (Å²) in [6.07, 6.45) is 5.59. The van der Waals surface area contributed by atoms with Crippen LogP contribution in [0.3, 0.4) is 0 Å². The smallest absolute Gasteiger partial charge is 0.325 e. The fourth-order valence-corrected chi connectivity index (χ4v) is 2.35. The standard InChI is InChI=1S/C11H10O2S/c1-2-4-11(5-6-13-10(11)12)9-3-7-14-8-9/h2-3,5-8H,1,4H2/t11-/m1/s1. The summed E-state index contributed by atoms with van der Waals surface area (Å²) in [4.78, 5) is 11.7. The van der Waals surface area contributed by atoms with Gasteiger partial charge in [0.15, 0.2) is 0 Å². The normalized spacial score (nSPS) is 25.0. The number of rotatable bonds is 3. The van der Waals surface area contributed by atoms with E-state index in [-0.39, 0.29) is 5.97 Å². The van der Waals surface area contributed by atoms with E-state index in [2.05, 4.69) is 6.58 Å². The van der Waals surface area contributed by atoms with Crippen LogP contribution in [0.2, 0.25) is 0 Å². The minimum Gasteiger partial charge on any atom is -0.434 e. The highest BCUT2D eigenvalue weighted by molar-refractivity contribution is 7.08. The summed E-state index contributed by atoms with van der Waals surface area (Å²) in [6, 6.07) is 1.95. The Labute approximate surface area is 86.5 Å². The van der Waals surface area contributed by atoms with Crippen molar-refractivity contribution in [3.05, 3.63) is 47.4 Å². The van der Waals surface area contributed by atoms with E-state index in [1.165, 1.54) is 6.26 Å². The van der Waals surface area contributed by atoms with Gasteiger partial charge in [-0.1, -0.05) is 6.08 Å². The average Bonchev–Trinajstić information content (AvgIpc) is 2.77. The maximum Gasteiger partial charge on any atom is 0.325 e. The fraction of sp³-hybridized carbons (Fsp3) is 0.182. The van der Waals surface area contributed by atoms with Crippen LogP contribution in [-0.4, -0.2) is 5.97 Å². The highest BCUT2D eigenvalue weighted by Crippen LogP contribution is 2.36. The first kappa shape index (κ1) is 9.21. The molecule has 1 aliphatic rings. The Kier molecular flexibility index (Phi) is 2.25. The van der Waals surface area contributed by atoms with Crippen molar-refractivity contribution in [2.24, 2.45) is 0 Å². The second-order valence-electron chi connectivity index (χ2n) is 3.18. The first-order chi connectivity index (χ1) is 6.79. The molecule has 1 aromatic rings. The molecule has 1 aromatic heterocycles. The van der Waals surface area contributed by atoms with Crippen molar-refractivity contribution in [2.45, 2.75) is 11.8 Å². The van der Waals surface area contributed by atoms with Gasteiger partial charge in [-0.3, -0.25) is 4.79 Å². The molecule has 0 aliphatic carbocycles. The fourth-order valence-electron chi connectivity index (χ4n) is 1.61. The predicted octanol–water partition coefficient (Wildman–Crippen LogP) is 2.63. The van der Waals surface area contributed by atoms with Crippen LogP contribution in [0, 0.1) is 0 Å². The second kappa shape index (κ2) is 3.42. The van der Waals surface area contributed by atoms with Gasteiger partial charge in [0.25, 0.3) is 0 Å². The summed E-state index contributed by atoms with van der Waals surface area (Å²) in [5.74, 6) is -0.212. The van der Waals surface area contributed by atoms with Crippen molar-refractivity contribution >= 4 is 17.3 Å². The van der Waals surface area contributed by atoms with Crippen molar-refractivity contribution in [1.29, 1.82) is 0 Å². The molecule has 0 fully saturated rings. The molecule has 3 heteroatoms. The minimum absolute atomic E-state index is 0.212. The number of carbonyl (C=O) groups is 1. The number of cyclic esters (lactones) is 1. The summed E-state index contributed by atoms with van der Waals surface area (Å²) in [6.45, 7) is 3.68. The zero-order valence-electron chi connectivity index (χ0n) is 7.60. The molecule has 0 radical (unpaired) electrons. The molecular weight excluding hydrogens is 196 g/mol. The van der Waals surface area contributed by atoms with Crippen LogP contribution in [0.4, 0.5) is 0 Å². The van der Waals surface area contributed by atoms with Gasteiger partial charge in [0.2, 0.25) is 0 Å². The van der Waals surface area contributed by atoms with E-state index in [0.717, 1.165) is 5.56 Å². The first-order valence-corrected chi connectivity index (χ1v) is 5.26. The van der Waals surface area contributed by atoms with Gasteiger partial charge in [0, 0.05) is 0 Å². The largest absolute Gasteiger partial charge is 0.434 e. The summed E-state index contributed by atoms with van der Waals surface area (Å²) < 4.78 is 4.88. The van der Waals surface area contributed by atoms with Crippen LogP contribution in [0.15, 0.2) is 41.8 Å². The van der Waals surface area contributed by atoms with Crippen LogP contribution in [0.25, 0.3) is 0 Å². The molecule has 14 heavy (non-hydrogen) atoms. The Morgan fingerprint density at radius 2 is 2.50 bits per heavy atom. The highest BCUT2D eigenvalue weighted by atomic mass is 32.1. The molecule has 2 nitrogen and oxygen atoms in total. The zero-order chi connectivity index (χ0) is 10.0. The molecule has 1 aliphatic heterocycles. The van der Waals surface area contributed by atoms with E-state index in [4.69, 9.17) is 4.74 Å². The molecule has 0 unspecified atom stereocenters. The molecule has 0 amide bonds. The SMILES string of the molecule is C=CC[C@]1(c2ccsc2)C=COC1=O. The predicted molar refractivity (Wildman–Crippen MR) is 56.0 cm³/mol. The monoisotopic (exact) mass is 206 g/mol. The number of carbonyl (C=O) groups excluding carboxylic acids is 1. The van der Waals surface area contributed by atoms with Crippen LogP contribution in [0.1, 0.15) is 12.0 Å². The summed E-state index contributed by atoms with van der Waals surface area (Å²) in [5.41, 5.74) is 0.364. The maximum absolute atomic E-state index is 11.7. The van der Waals surface area contributed by atoms with Crippen molar-refractivity contribution in [2.75, 3.05) is 0 Å². The Bertz CT molecular complexity index is 378. The third-order valence-corrected chi connectivity index (χ3v) is 3.08. The van der Waals surface area contributed by atoms with Gasteiger partial charge in [0.1, 0.15) is 5.41 Å². The molecule has 0 spiro atoms. The molecule has 2 rings (SSSR count). The summed E-state index contributed by atoms with van der Waals surface area (Å²) >= 11 is 1.58. The quantitative estimate of drug-likeness (QED) is 0.561. The van der Waals surface area contributed by atoms with E-state index in [1.54, 1.807) is 23.5 Å². The lowest BCUT2D eigenvalue weighted by atomic mass is 9.80. The molecule has 0 saturated carbocycles. The maximum atomic E-state index is 11.7. The van der Waals surface area contributed by atoms with E-state index < -0.39 is 5.41 Å². The first-order valence-electron chi connectivity index (χ1n) is 4.32. The third kappa shape index (κ3) is 1.21. The molecule has 72 valence electrons. The Morgan fingerprint density at radius 3 is 3.00 bits per heavy atom. The number of hydrogen-bond acceptors (Lipinski definition) is 3. The Morgan fingerprint density at radius 1 is 1.64 bits per heavy atom. The number of esters is 1. The number of hydrogen-bond donors (Lipinski definition) is 0.